The fourth-order valence-corrected chi connectivity index (χ4v) is 3.31. The molecule has 0 fully saturated rings. The van der Waals surface area contributed by atoms with Crippen LogP contribution in [-0.4, -0.2) is 20.6 Å². The van der Waals surface area contributed by atoms with Gasteiger partial charge in [-0.3, -0.25) is 0 Å². The van der Waals surface area contributed by atoms with Crippen molar-refractivity contribution < 1.29 is 9.90 Å². The second kappa shape index (κ2) is 7.30. The fourth-order valence-electron chi connectivity index (χ4n) is 3.31. The second-order valence-electron chi connectivity index (χ2n) is 6.29. The number of benzene rings is 3. The predicted molar refractivity (Wildman–Crippen MR) is 105 cm³/mol. The van der Waals surface area contributed by atoms with E-state index in [1.807, 2.05) is 60.7 Å². The molecule has 0 spiro atoms. The SMILES string of the molecule is O=C(O)c1cncn1C(c1ccccc1)c1ccc(-c2ccccc2)cc1. The summed E-state index contributed by atoms with van der Waals surface area (Å²) < 4.78 is 1.70. The van der Waals surface area contributed by atoms with Gasteiger partial charge >= 0.3 is 5.97 Å². The van der Waals surface area contributed by atoms with Crippen molar-refractivity contribution in [3.63, 3.8) is 0 Å². The molecule has 4 heteroatoms. The van der Waals surface area contributed by atoms with Crippen LogP contribution in [0.15, 0.2) is 97.5 Å². The van der Waals surface area contributed by atoms with Crippen molar-refractivity contribution in [1.82, 2.24) is 9.55 Å². The minimum Gasteiger partial charge on any atom is -0.477 e. The molecule has 0 aliphatic heterocycles. The maximum absolute atomic E-state index is 11.6. The van der Waals surface area contributed by atoms with Gasteiger partial charge in [-0.05, 0) is 22.3 Å². The van der Waals surface area contributed by atoms with Crippen LogP contribution in [0.4, 0.5) is 0 Å². The lowest BCUT2D eigenvalue weighted by atomic mass is 9.95. The molecular weight excluding hydrogens is 336 g/mol. The maximum Gasteiger partial charge on any atom is 0.354 e. The first-order chi connectivity index (χ1) is 13.2. The van der Waals surface area contributed by atoms with E-state index in [0.717, 1.165) is 22.3 Å². The van der Waals surface area contributed by atoms with E-state index in [-0.39, 0.29) is 11.7 Å². The van der Waals surface area contributed by atoms with E-state index < -0.39 is 5.97 Å². The Morgan fingerprint density at radius 2 is 1.33 bits per heavy atom. The monoisotopic (exact) mass is 354 g/mol. The van der Waals surface area contributed by atoms with E-state index in [4.69, 9.17) is 0 Å². The van der Waals surface area contributed by atoms with Crippen LogP contribution < -0.4 is 0 Å². The largest absolute Gasteiger partial charge is 0.477 e. The van der Waals surface area contributed by atoms with Crippen molar-refractivity contribution in [3.8, 4) is 11.1 Å². The van der Waals surface area contributed by atoms with Crippen LogP contribution in [0, 0.1) is 0 Å². The second-order valence-corrected chi connectivity index (χ2v) is 6.29. The Bertz CT molecular complexity index is 1040. The highest BCUT2D eigenvalue weighted by molar-refractivity contribution is 5.85. The van der Waals surface area contributed by atoms with Crippen LogP contribution in [0.2, 0.25) is 0 Å². The van der Waals surface area contributed by atoms with Crippen molar-refractivity contribution in [1.29, 1.82) is 0 Å². The van der Waals surface area contributed by atoms with E-state index >= 15 is 0 Å². The summed E-state index contributed by atoms with van der Waals surface area (Å²) in [7, 11) is 0. The molecule has 0 bridgehead atoms. The number of hydrogen-bond donors (Lipinski definition) is 1. The zero-order valence-electron chi connectivity index (χ0n) is 14.6. The molecule has 1 atom stereocenters. The Morgan fingerprint density at radius 3 is 1.96 bits per heavy atom. The lowest BCUT2D eigenvalue weighted by molar-refractivity contribution is 0.0684. The van der Waals surface area contributed by atoms with E-state index in [9.17, 15) is 9.90 Å². The number of carboxylic acids is 1. The third-order valence-corrected chi connectivity index (χ3v) is 4.61. The van der Waals surface area contributed by atoms with Crippen LogP contribution in [0.3, 0.4) is 0 Å². The molecule has 0 radical (unpaired) electrons. The van der Waals surface area contributed by atoms with E-state index in [2.05, 4.69) is 29.2 Å². The summed E-state index contributed by atoms with van der Waals surface area (Å²) in [6.07, 6.45) is 2.96. The first kappa shape index (κ1) is 16.8. The Labute approximate surface area is 157 Å². The molecule has 132 valence electrons. The summed E-state index contributed by atoms with van der Waals surface area (Å²) in [6.45, 7) is 0. The molecule has 0 saturated carbocycles. The zero-order chi connectivity index (χ0) is 18.6. The fraction of sp³-hybridized carbons (Fsp3) is 0.0435. The molecule has 4 rings (SSSR count). The van der Waals surface area contributed by atoms with Crippen LogP contribution in [0.1, 0.15) is 27.7 Å². The first-order valence-electron chi connectivity index (χ1n) is 8.69. The van der Waals surface area contributed by atoms with Crippen molar-refractivity contribution in [2.24, 2.45) is 0 Å². The Kier molecular flexibility index (Phi) is 4.54. The lowest BCUT2D eigenvalue weighted by Gasteiger charge is -2.21. The zero-order valence-corrected chi connectivity index (χ0v) is 14.6. The summed E-state index contributed by atoms with van der Waals surface area (Å²) in [5, 5.41) is 9.53. The molecule has 27 heavy (non-hydrogen) atoms. The Morgan fingerprint density at radius 1 is 0.778 bits per heavy atom. The van der Waals surface area contributed by atoms with Crippen molar-refractivity contribution in [2.45, 2.75) is 6.04 Å². The van der Waals surface area contributed by atoms with Gasteiger partial charge in [-0.1, -0.05) is 84.9 Å². The number of imidazole rings is 1. The van der Waals surface area contributed by atoms with E-state index in [1.54, 1.807) is 10.9 Å². The molecule has 0 aliphatic carbocycles. The highest BCUT2D eigenvalue weighted by atomic mass is 16.4. The molecular formula is C23H18N2O2. The molecule has 1 heterocycles. The Balaban J connectivity index is 1.80. The average Bonchev–Trinajstić information content (AvgIpc) is 3.20. The summed E-state index contributed by atoms with van der Waals surface area (Å²) in [5.41, 5.74) is 4.44. The van der Waals surface area contributed by atoms with E-state index in [0.29, 0.717) is 0 Å². The molecule has 4 aromatic rings. The van der Waals surface area contributed by atoms with Gasteiger partial charge in [-0.2, -0.15) is 0 Å². The van der Waals surface area contributed by atoms with Gasteiger partial charge in [0.05, 0.1) is 18.6 Å². The normalized spacial score (nSPS) is 11.9. The van der Waals surface area contributed by atoms with Gasteiger partial charge in [0.25, 0.3) is 0 Å². The summed E-state index contributed by atoms with van der Waals surface area (Å²) in [5.74, 6) is -0.991. The number of nitrogens with zero attached hydrogens (tertiary/aromatic N) is 2. The topological polar surface area (TPSA) is 55.1 Å². The molecule has 1 N–H and O–H groups in total. The van der Waals surface area contributed by atoms with Crippen LogP contribution >= 0.6 is 0 Å². The van der Waals surface area contributed by atoms with Gasteiger partial charge < -0.3 is 9.67 Å². The van der Waals surface area contributed by atoms with Crippen LogP contribution in [0.5, 0.6) is 0 Å². The van der Waals surface area contributed by atoms with Crippen molar-refractivity contribution in [2.75, 3.05) is 0 Å². The summed E-state index contributed by atoms with van der Waals surface area (Å²) >= 11 is 0. The number of aromatic nitrogens is 2. The molecule has 0 saturated heterocycles. The molecule has 0 aliphatic rings. The van der Waals surface area contributed by atoms with E-state index in [1.165, 1.54) is 6.20 Å². The minimum atomic E-state index is -0.991. The van der Waals surface area contributed by atoms with Crippen LogP contribution in [-0.2, 0) is 0 Å². The molecule has 0 amide bonds. The third-order valence-electron chi connectivity index (χ3n) is 4.61. The third kappa shape index (κ3) is 3.37. The number of carbonyl (C=O) groups is 1. The number of aromatic carboxylic acids is 1. The molecule has 3 aromatic carbocycles. The highest BCUT2D eigenvalue weighted by Gasteiger charge is 2.21. The van der Waals surface area contributed by atoms with Gasteiger partial charge in [-0.25, -0.2) is 9.78 Å². The number of hydrogen-bond acceptors (Lipinski definition) is 2. The highest BCUT2D eigenvalue weighted by Crippen LogP contribution is 2.30. The van der Waals surface area contributed by atoms with Gasteiger partial charge in [-0.15, -0.1) is 0 Å². The van der Waals surface area contributed by atoms with Crippen LogP contribution in [0.25, 0.3) is 11.1 Å². The standard InChI is InChI=1S/C23H18N2O2/c26-23(27)21-15-24-16-25(21)22(19-9-5-2-6-10-19)20-13-11-18(12-14-20)17-7-3-1-4-8-17/h1-16,22H,(H,26,27). The average molecular weight is 354 g/mol. The predicted octanol–water partition coefficient (Wildman–Crippen LogP) is 4.89. The molecule has 1 unspecified atom stereocenters. The quantitative estimate of drug-likeness (QED) is 0.555. The molecule has 1 aromatic heterocycles. The number of rotatable bonds is 5. The smallest absolute Gasteiger partial charge is 0.354 e. The van der Waals surface area contributed by atoms with Gasteiger partial charge in [0.2, 0.25) is 0 Å². The first-order valence-corrected chi connectivity index (χ1v) is 8.69. The van der Waals surface area contributed by atoms with Crippen molar-refractivity contribution in [3.05, 3.63) is 114 Å². The summed E-state index contributed by atoms with van der Waals surface area (Å²) in [4.78, 5) is 15.7. The lowest BCUT2D eigenvalue weighted by Crippen LogP contribution is -2.16. The maximum atomic E-state index is 11.6. The summed E-state index contributed by atoms with van der Waals surface area (Å²) in [6, 6.07) is 28.0. The molecule has 4 nitrogen and oxygen atoms in total. The van der Waals surface area contributed by atoms with Gasteiger partial charge in [0.15, 0.2) is 0 Å². The van der Waals surface area contributed by atoms with Gasteiger partial charge in [0, 0.05) is 0 Å². The van der Waals surface area contributed by atoms with Crippen molar-refractivity contribution >= 4 is 5.97 Å². The Hall–Kier alpha value is -3.66. The minimum absolute atomic E-state index is 0.163. The van der Waals surface area contributed by atoms with Gasteiger partial charge in [0.1, 0.15) is 5.69 Å². The number of carboxylic acid groups (broad SMARTS) is 1.